The van der Waals surface area contributed by atoms with Gasteiger partial charge in [0.25, 0.3) is 0 Å². The van der Waals surface area contributed by atoms with Crippen LogP contribution >= 0.6 is 0 Å². The summed E-state index contributed by atoms with van der Waals surface area (Å²) in [6.07, 6.45) is -3.04. The normalized spacial score (nSPS) is 21.1. The first kappa shape index (κ1) is 23.4. The van der Waals surface area contributed by atoms with Gasteiger partial charge < -0.3 is 19.3 Å². The maximum atomic E-state index is 13.1. The third kappa shape index (κ3) is 5.31. The van der Waals surface area contributed by atoms with Crippen LogP contribution in [0.4, 0.5) is 13.2 Å². The molecule has 2 aliphatic carbocycles. The van der Waals surface area contributed by atoms with Gasteiger partial charge in [-0.1, -0.05) is 0 Å². The van der Waals surface area contributed by atoms with Crippen LogP contribution in [0.3, 0.4) is 0 Å². The van der Waals surface area contributed by atoms with E-state index in [1.165, 1.54) is 7.11 Å². The number of pyridine rings is 1. The van der Waals surface area contributed by atoms with Gasteiger partial charge in [-0.2, -0.15) is 13.2 Å². The molecular formula is C21H24F3NO6. The van der Waals surface area contributed by atoms with Crippen molar-refractivity contribution in [2.45, 2.75) is 32.0 Å². The number of fused-ring (bicyclic) bond motifs is 2. The summed E-state index contributed by atoms with van der Waals surface area (Å²) in [6, 6.07) is 1.67. The number of aromatic nitrogens is 1. The SMILES string of the molecule is COCCOCCOCc1nc(C(F)(F)F)ccc1C(=O)C1=C(O)C2CCC(C2)C1=O. The molecule has 0 aromatic carbocycles. The second-order valence-corrected chi connectivity index (χ2v) is 7.51. The number of aliphatic hydroxyl groups excluding tert-OH is 1. The number of ether oxygens (including phenoxy) is 3. The number of alkyl halides is 3. The number of Topliss-reactive ketones (excluding diaryl/α,β-unsaturated/α-hetero) is 2. The second-order valence-electron chi connectivity index (χ2n) is 7.51. The molecule has 7 nitrogen and oxygen atoms in total. The Morgan fingerprint density at radius 3 is 2.52 bits per heavy atom. The van der Waals surface area contributed by atoms with Gasteiger partial charge in [0.15, 0.2) is 5.78 Å². The summed E-state index contributed by atoms with van der Waals surface area (Å²) >= 11 is 0. The zero-order chi connectivity index (χ0) is 22.6. The Labute approximate surface area is 177 Å². The van der Waals surface area contributed by atoms with Gasteiger partial charge in [0.05, 0.1) is 38.7 Å². The van der Waals surface area contributed by atoms with Crippen molar-refractivity contribution in [3.05, 3.63) is 40.4 Å². The quantitative estimate of drug-likeness (QED) is 0.337. The molecule has 2 aliphatic rings. The van der Waals surface area contributed by atoms with Crippen LogP contribution in [-0.2, 0) is 31.8 Å². The van der Waals surface area contributed by atoms with E-state index in [2.05, 4.69) is 4.98 Å². The molecule has 3 rings (SSSR count). The van der Waals surface area contributed by atoms with Gasteiger partial charge in [-0.15, -0.1) is 0 Å². The number of ketones is 2. The van der Waals surface area contributed by atoms with E-state index in [0.29, 0.717) is 38.5 Å². The van der Waals surface area contributed by atoms with Gasteiger partial charge in [-0.3, -0.25) is 9.59 Å². The molecular weight excluding hydrogens is 419 g/mol. The molecule has 1 heterocycles. The average molecular weight is 443 g/mol. The monoisotopic (exact) mass is 443 g/mol. The van der Waals surface area contributed by atoms with E-state index >= 15 is 0 Å². The summed E-state index contributed by atoms with van der Waals surface area (Å²) in [5.41, 5.74) is -1.95. The number of allylic oxidation sites excluding steroid dienone is 2. The van der Waals surface area contributed by atoms with Crippen molar-refractivity contribution in [3.63, 3.8) is 0 Å². The van der Waals surface area contributed by atoms with E-state index < -0.39 is 23.4 Å². The summed E-state index contributed by atoms with van der Waals surface area (Å²) in [6.45, 7) is 0.588. The first-order valence-corrected chi connectivity index (χ1v) is 9.97. The molecule has 1 aromatic heterocycles. The molecule has 1 saturated carbocycles. The maximum Gasteiger partial charge on any atom is 0.433 e. The molecule has 2 atom stereocenters. The van der Waals surface area contributed by atoms with Crippen LogP contribution in [0.1, 0.15) is 41.0 Å². The fourth-order valence-corrected chi connectivity index (χ4v) is 3.87. The van der Waals surface area contributed by atoms with E-state index in [1.54, 1.807) is 0 Å². The van der Waals surface area contributed by atoms with Crippen molar-refractivity contribution in [2.75, 3.05) is 33.5 Å². The smallest absolute Gasteiger partial charge is 0.433 e. The van der Waals surface area contributed by atoms with Crippen LogP contribution in [0.25, 0.3) is 0 Å². The maximum absolute atomic E-state index is 13.1. The number of hydrogen-bond acceptors (Lipinski definition) is 7. The minimum absolute atomic E-state index is 0.0618. The molecule has 0 radical (unpaired) electrons. The topological polar surface area (TPSA) is 94.9 Å². The largest absolute Gasteiger partial charge is 0.511 e. The van der Waals surface area contributed by atoms with E-state index in [1.807, 2.05) is 0 Å². The number of methoxy groups -OCH3 is 1. The van der Waals surface area contributed by atoms with Crippen molar-refractivity contribution in [3.8, 4) is 0 Å². The summed E-state index contributed by atoms with van der Waals surface area (Å²) in [5, 5.41) is 10.4. The van der Waals surface area contributed by atoms with E-state index in [4.69, 9.17) is 14.2 Å². The molecule has 1 N–H and O–H groups in total. The number of hydrogen-bond donors (Lipinski definition) is 1. The van der Waals surface area contributed by atoms with Crippen LogP contribution in [-0.4, -0.2) is 55.2 Å². The minimum atomic E-state index is -4.71. The zero-order valence-corrected chi connectivity index (χ0v) is 17.0. The van der Waals surface area contributed by atoms with Gasteiger partial charge in [0, 0.05) is 24.5 Å². The van der Waals surface area contributed by atoms with Crippen molar-refractivity contribution < 1.29 is 42.1 Å². The fraction of sp³-hybridized carbons (Fsp3) is 0.571. The average Bonchev–Trinajstić information content (AvgIpc) is 3.18. The predicted octanol–water partition coefficient (Wildman–Crippen LogP) is 3.27. The molecule has 1 fully saturated rings. The second kappa shape index (κ2) is 9.88. The van der Waals surface area contributed by atoms with Crippen LogP contribution in [0, 0.1) is 11.8 Å². The van der Waals surface area contributed by atoms with Crippen molar-refractivity contribution in [2.24, 2.45) is 11.8 Å². The van der Waals surface area contributed by atoms with Crippen LogP contribution in [0.5, 0.6) is 0 Å². The van der Waals surface area contributed by atoms with Gasteiger partial charge in [-0.25, -0.2) is 4.98 Å². The first-order valence-electron chi connectivity index (χ1n) is 9.97. The van der Waals surface area contributed by atoms with Crippen LogP contribution < -0.4 is 0 Å². The Bertz CT molecular complexity index is 867. The van der Waals surface area contributed by atoms with Gasteiger partial charge in [-0.05, 0) is 31.4 Å². The molecule has 0 spiro atoms. The zero-order valence-electron chi connectivity index (χ0n) is 17.0. The highest BCUT2D eigenvalue weighted by atomic mass is 19.4. The third-order valence-electron chi connectivity index (χ3n) is 5.47. The Hall–Kier alpha value is -2.30. The lowest BCUT2D eigenvalue weighted by atomic mass is 9.83. The molecule has 10 heteroatoms. The number of carbonyl (C=O) groups is 2. The number of carbonyl (C=O) groups excluding carboxylic acids is 2. The Morgan fingerprint density at radius 2 is 1.81 bits per heavy atom. The molecule has 2 bridgehead atoms. The molecule has 170 valence electrons. The summed E-state index contributed by atoms with van der Waals surface area (Å²) in [4.78, 5) is 29.3. The number of rotatable bonds is 10. The van der Waals surface area contributed by atoms with E-state index in [0.717, 1.165) is 6.07 Å². The summed E-state index contributed by atoms with van der Waals surface area (Å²) < 4.78 is 54.8. The Kier molecular flexibility index (Phi) is 7.45. The van der Waals surface area contributed by atoms with Crippen molar-refractivity contribution >= 4 is 11.6 Å². The van der Waals surface area contributed by atoms with E-state index in [-0.39, 0.29) is 54.2 Å². The highest BCUT2D eigenvalue weighted by Gasteiger charge is 2.44. The van der Waals surface area contributed by atoms with Gasteiger partial charge in [0.1, 0.15) is 17.0 Å². The molecule has 0 saturated heterocycles. The summed E-state index contributed by atoms with van der Waals surface area (Å²) in [7, 11) is 1.52. The molecule has 2 unspecified atom stereocenters. The lowest BCUT2D eigenvalue weighted by Crippen LogP contribution is -2.28. The Morgan fingerprint density at radius 1 is 1.13 bits per heavy atom. The van der Waals surface area contributed by atoms with E-state index in [9.17, 15) is 27.9 Å². The highest BCUT2D eigenvalue weighted by molar-refractivity contribution is 6.28. The van der Waals surface area contributed by atoms with Gasteiger partial charge in [0.2, 0.25) is 5.78 Å². The fourth-order valence-electron chi connectivity index (χ4n) is 3.87. The molecule has 0 amide bonds. The third-order valence-corrected chi connectivity index (χ3v) is 5.47. The lowest BCUT2D eigenvalue weighted by molar-refractivity contribution is -0.141. The highest BCUT2D eigenvalue weighted by Crippen LogP contribution is 2.43. The summed E-state index contributed by atoms with van der Waals surface area (Å²) in [5.74, 6) is -2.17. The standard InChI is InChI=1S/C21H24F3NO6/c1-29-6-7-30-8-9-31-11-15-14(4-5-16(25-15)21(22,23)24)20(28)17-18(26)12-2-3-13(10-12)19(17)27/h4-5,12-13,26H,2-3,6-11H2,1H3. The number of halogens is 3. The van der Waals surface area contributed by atoms with Crippen LogP contribution in [0.2, 0.25) is 0 Å². The van der Waals surface area contributed by atoms with Gasteiger partial charge >= 0.3 is 6.18 Å². The Balaban J connectivity index is 1.81. The molecule has 1 aromatic rings. The molecule has 0 aliphatic heterocycles. The lowest BCUT2D eigenvalue weighted by Gasteiger charge is -2.21. The number of nitrogens with zero attached hydrogens (tertiary/aromatic N) is 1. The van der Waals surface area contributed by atoms with Crippen molar-refractivity contribution in [1.29, 1.82) is 0 Å². The van der Waals surface area contributed by atoms with Crippen LogP contribution in [0.15, 0.2) is 23.5 Å². The number of aliphatic hydroxyl groups is 1. The first-order chi connectivity index (χ1) is 14.7. The minimum Gasteiger partial charge on any atom is -0.511 e. The van der Waals surface area contributed by atoms with Crippen molar-refractivity contribution in [1.82, 2.24) is 4.98 Å². The predicted molar refractivity (Wildman–Crippen MR) is 101 cm³/mol. The molecule has 31 heavy (non-hydrogen) atoms.